The standard InChI is InChI=1S/C16H19N3O3/c1-3-22-15-12(18)5-4-6-13(15)19-16(20)11-8-7-10(17)9-14(11)21-2/h4-9H,3,17-18H2,1-2H3,(H,19,20). The first kappa shape index (κ1) is 15.5. The van der Waals surface area contributed by atoms with E-state index in [-0.39, 0.29) is 5.91 Å². The van der Waals surface area contributed by atoms with Crippen LogP contribution in [-0.4, -0.2) is 19.6 Å². The summed E-state index contributed by atoms with van der Waals surface area (Å²) in [5.74, 6) is 0.524. The number of methoxy groups -OCH3 is 1. The van der Waals surface area contributed by atoms with E-state index in [0.29, 0.717) is 40.7 Å². The smallest absolute Gasteiger partial charge is 0.259 e. The lowest BCUT2D eigenvalue weighted by molar-refractivity contribution is 0.102. The fraction of sp³-hybridized carbons (Fsp3) is 0.188. The van der Waals surface area contributed by atoms with Crippen LogP contribution in [0.1, 0.15) is 17.3 Å². The number of hydrogen-bond acceptors (Lipinski definition) is 5. The topological polar surface area (TPSA) is 99.6 Å². The number of carbonyl (C=O) groups is 1. The Morgan fingerprint density at radius 1 is 1.23 bits per heavy atom. The molecule has 6 heteroatoms. The summed E-state index contributed by atoms with van der Waals surface area (Å²) in [6, 6.07) is 10.0. The molecule has 6 nitrogen and oxygen atoms in total. The molecule has 0 heterocycles. The van der Waals surface area contributed by atoms with E-state index in [1.807, 2.05) is 6.92 Å². The summed E-state index contributed by atoms with van der Waals surface area (Å²) >= 11 is 0. The lowest BCUT2D eigenvalue weighted by Gasteiger charge is -2.14. The van der Waals surface area contributed by atoms with Gasteiger partial charge in [0, 0.05) is 11.8 Å². The highest BCUT2D eigenvalue weighted by molar-refractivity contribution is 6.07. The molecule has 0 aliphatic carbocycles. The number of rotatable bonds is 5. The first-order valence-electron chi connectivity index (χ1n) is 6.83. The maximum atomic E-state index is 12.4. The number of amides is 1. The lowest BCUT2D eigenvalue weighted by atomic mass is 10.1. The Labute approximate surface area is 129 Å². The summed E-state index contributed by atoms with van der Waals surface area (Å²) in [4.78, 5) is 12.4. The predicted molar refractivity (Wildman–Crippen MR) is 87.4 cm³/mol. The zero-order chi connectivity index (χ0) is 16.1. The van der Waals surface area contributed by atoms with Gasteiger partial charge >= 0.3 is 0 Å². The Bertz CT molecular complexity index is 686. The van der Waals surface area contributed by atoms with Gasteiger partial charge in [-0.15, -0.1) is 0 Å². The number of carbonyl (C=O) groups excluding carboxylic acids is 1. The van der Waals surface area contributed by atoms with Crippen LogP contribution in [0.25, 0.3) is 0 Å². The molecule has 2 rings (SSSR count). The van der Waals surface area contributed by atoms with Crippen LogP contribution in [0.3, 0.4) is 0 Å². The van der Waals surface area contributed by atoms with Gasteiger partial charge in [-0.1, -0.05) is 6.07 Å². The average Bonchev–Trinajstić information content (AvgIpc) is 2.50. The van der Waals surface area contributed by atoms with E-state index in [0.717, 1.165) is 0 Å². The van der Waals surface area contributed by atoms with Crippen molar-refractivity contribution in [1.29, 1.82) is 0 Å². The predicted octanol–water partition coefficient (Wildman–Crippen LogP) is 2.51. The van der Waals surface area contributed by atoms with Crippen LogP contribution >= 0.6 is 0 Å². The molecule has 0 aromatic heterocycles. The molecule has 0 spiro atoms. The number of nitrogen functional groups attached to an aromatic ring is 2. The van der Waals surface area contributed by atoms with E-state index in [9.17, 15) is 4.79 Å². The second-order valence-corrected chi connectivity index (χ2v) is 4.57. The van der Waals surface area contributed by atoms with Gasteiger partial charge in [-0.2, -0.15) is 0 Å². The normalized spacial score (nSPS) is 10.1. The highest BCUT2D eigenvalue weighted by atomic mass is 16.5. The van der Waals surface area contributed by atoms with Crippen molar-refractivity contribution >= 4 is 23.0 Å². The van der Waals surface area contributed by atoms with Gasteiger partial charge in [0.1, 0.15) is 5.75 Å². The Morgan fingerprint density at radius 3 is 2.68 bits per heavy atom. The summed E-state index contributed by atoms with van der Waals surface area (Å²) in [6.07, 6.45) is 0. The number of benzene rings is 2. The molecule has 0 radical (unpaired) electrons. The van der Waals surface area contributed by atoms with Gasteiger partial charge in [-0.25, -0.2) is 0 Å². The molecule has 2 aromatic rings. The summed E-state index contributed by atoms with van der Waals surface area (Å²) in [6.45, 7) is 2.29. The minimum absolute atomic E-state index is 0.330. The Hall–Kier alpha value is -2.89. The zero-order valence-electron chi connectivity index (χ0n) is 12.6. The molecule has 0 unspecified atom stereocenters. The number of nitrogens with one attached hydrogen (secondary N) is 1. The summed E-state index contributed by atoms with van der Waals surface area (Å²) in [5.41, 5.74) is 13.4. The molecule has 0 bridgehead atoms. The third-order valence-corrected chi connectivity index (χ3v) is 3.05. The highest BCUT2D eigenvalue weighted by Crippen LogP contribution is 2.32. The molecule has 0 aliphatic heterocycles. The highest BCUT2D eigenvalue weighted by Gasteiger charge is 2.15. The Morgan fingerprint density at radius 2 is 2.00 bits per heavy atom. The number of anilines is 3. The molecule has 0 saturated carbocycles. The number of ether oxygens (including phenoxy) is 2. The SMILES string of the molecule is CCOc1c(N)cccc1NC(=O)c1ccc(N)cc1OC. The van der Waals surface area contributed by atoms with Crippen LogP contribution < -0.4 is 26.3 Å². The van der Waals surface area contributed by atoms with Crippen molar-refractivity contribution in [2.75, 3.05) is 30.5 Å². The van der Waals surface area contributed by atoms with Crippen molar-refractivity contribution in [3.63, 3.8) is 0 Å². The van der Waals surface area contributed by atoms with Gasteiger partial charge in [0.25, 0.3) is 5.91 Å². The fourth-order valence-corrected chi connectivity index (χ4v) is 2.04. The first-order chi connectivity index (χ1) is 10.6. The second kappa shape index (κ2) is 6.71. The maximum absolute atomic E-state index is 12.4. The summed E-state index contributed by atoms with van der Waals surface area (Å²) in [5, 5.41) is 2.78. The van der Waals surface area contributed by atoms with Gasteiger partial charge in [0.15, 0.2) is 5.75 Å². The summed E-state index contributed by atoms with van der Waals surface area (Å²) in [7, 11) is 1.48. The van der Waals surface area contributed by atoms with Gasteiger partial charge < -0.3 is 26.3 Å². The lowest BCUT2D eigenvalue weighted by Crippen LogP contribution is -2.14. The van der Waals surface area contributed by atoms with Crippen LogP contribution in [0.2, 0.25) is 0 Å². The zero-order valence-corrected chi connectivity index (χ0v) is 12.6. The van der Waals surface area contributed by atoms with E-state index in [1.54, 1.807) is 36.4 Å². The van der Waals surface area contributed by atoms with Crippen molar-refractivity contribution in [2.24, 2.45) is 0 Å². The quantitative estimate of drug-likeness (QED) is 0.737. The fourth-order valence-electron chi connectivity index (χ4n) is 2.04. The van der Waals surface area contributed by atoms with Gasteiger partial charge in [0.2, 0.25) is 0 Å². The molecule has 1 amide bonds. The molecule has 0 fully saturated rings. The van der Waals surface area contributed by atoms with E-state index < -0.39 is 0 Å². The van der Waals surface area contributed by atoms with Crippen molar-refractivity contribution in [1.82, 2.24) is 0 Å². The molecular formula is C16H19N3O3. The minimum Gasteiger partial charge on any atom is -0.496 e. The maximum Gasteiger partial charge on any atom is 0.259 e. The molecule has 22 heavy (non-hydrogen) atoms. The van der Waals surface area contributed by atoms with E-state index in [1.165, 1.54) is 7.11 Å². The van der Waals surface area contributed by atoms with Gasteiger partial charge in [0.05, 0.1) is 30.7 Å². The molecule has 0 saturated heterocycles. The number of nitrogens with two attached hydrogens (primary N) is 2. The van der Waals surface area contributed by atoms with Crippen LogP contribution in [-0.2, 0) is 0 Å². The largest absolute Gasteiger partial charge is 0.496 e. The Balaban J connectivity index is 2.32. The van der Waals surface area contributed by atoms with Gasteiger partial charge in [-0.05, 0) is 31.2 Å². The second-order valence-electron chi connectivity index (χ2n) is 4.57. The first-order valence-corrected chi connectivity index (χ1v) is 6.83. The number of hydrogen-bond donors (Lipinski definition) is 3. The van der Waals surface area contributed by atoms with Gasteiger partial charge in [-0.3, -0.25) is 4.79 Å². The number of para-hydroxylation sites is 1. The monoisotopic (exact) mass is 301 g/mol. The van der Waals surface area contributed by atoms with Crippen LogP contribution in [0.4, 0.5) is 17.1 Å². The Kier molecular flexibility index (Phi) is 4.73. The summed E-state index contributed by atoms with van der Waals surface area (Å²) < 4.78 is 10.7. The third kappa shape index (κ3) is 3.22. The van der Waals surface area contributed by atoms with Crippen LogP contribution in [0.5, 0.6) is 11.5 Å². The van der Waals surface area contributed by atoms with E-state index >= 15 is 0 Å². The van der Waals surface area contributed by atoms with Crippen LogP contribution in [0.15, 0.2) is 36.4 Å². The van der Waals surface area contributed by atoms with E-state index in [2.05, 4.69) is 5.32 Å². The van der Waals surface area contributed by atoms with Crippen LogP contribution in [0, 0.1) is 0 Å². The molecule has 0 atom stereocenters. The minimum atomic E-state index is -0.330. The third-order valence-electron chi connectivity index (χ3n) is 3.05. The molecule has 5 N–H and O–H groups in total. The van der Waals surface area contributed by atoms with Crippen molar-refractivity contribution < 1.29 is 14.3 Å². The molecule has 2 aromatic carbocycles. The van der Waals surface area contributed by atoms with E-state index in [4.69, 9.17) is 20.9 Å². The average molecular weight is 301 g/mol. The van der Waals surface area contributed by atoms with Crippen molar-refractivity contribution in [3.05, 3.63) is 42.0 Å². The van der Waals surface area contributed by atoms with Crippen molar-refractivity contribution in [3.8, 4) is 11.5 Å². The van der Waals surface area contributed by atoms with Crippen molar-refractivity contribution in [2.45, 2.75) is 6.92 Å². The molecule has 0 aliphatic rings. The molecular weight excluding hydrogens is 282 g/mol. The molecule has 116 valence electrons.